The average molecular weight is 311 g/mol. The van der Waals surface area contributed by atoms with Crippen LogP contribution in [0.15, 0.2) is 23.4 Å². The Kier molecular flexibility index (Phi) is 5.31. The van der Waals surface area contributed by atoms with Crippen molar-refractivity contribution in [2.45, 2.75) is 5.03 Å². The van der Waals surface area contributed by atoms with E-state index >= 15 is 0 Å². The number of halogens is 1. The SMILES string of the molecule is CSc1c(C(=O)O)ccc[n+]1C.[I-]. The van der Waals surface area contributed by atoms with E-state index in [2.05, 4.69) is 0 Å². The molecular weight excluding hydrogens is 301 g/mol. The van der Waals surface area contributed by atoms with Gasteiger partial charge in [-0.05, 0) is 12.3 Å². The van der Waals surface area contributed by atoms with Crippen LogP contribution in [0.1, 0.15) is 10.4 Å². The third-order valence-electron chi connectivity index (χ3n) is 1.55. The Morgan fingerprint density at radius 3 is 2.62 bits per heavy atom. The molecule has 72 valence electrons. The van der Waals surface area contributed by atoms with E-state index in [1.54, 1.807) is 16.7 Å². The highest BCUT2D eigenvalue weighted by molar-refractivity contribution is 7.98. The molecule has 1 heterocycles. The van der Waals surface area contributed by atoms with E-state index in [1.807, 2.05) is 19.5 Å². The quantitative estimate of drug-likeness (QED) is 0.388. The molecule has 1 N–H and O–H groups in total. The lowest BCUT2D eigenvalue weighted by atomic mass is 10.3. The highest BCUT2D eigenvalue weighted by Gasteiger charge is 2.16. The number of carbonyl (C=O) groups is 1. The molecule has 0 radical (unpaired) electrons. The second-order valence-electron chi connectivity index (χ2n) is 2.35. The van der Waals surface area contributed by atoms with Gasteiger partial charge >= 0.3 is 5.97 Å². The van der Waals surface area contributed by atoms with Crippen molar-refractivity contribution >= 4 is 17.7 Å². The van der Waals surface area contributed by atoms with Gasteiger partial charge in [0.15, 0.2) is 6.20 Å². The van der Waals surface area contributed by atoms with E-state index in [1.165, 1.54) is 11.8 Å². The molecule has 0 aliphatic carbocycles. The number of rotatable bonds is 2. The third-order valence-corrected chi connectivity index (χ3v) is 2.44. The first-order chi connectivity index (χ1) is 5.66. The minimum absolute atomic E-state index is 0. The number of thioether (sulfide) groups is 1. The van der Waals surface area contributed by atoms with Gasteiger partial charge < -0.3 is 29.1 Å². The van der Waals surface area contributed by atoms with Gasteiger partial charge in [-0.25, -0.2) is 4.79 Å². The Hall–Kier alpha value is -0.300. The summed E-state index contributed by atoms with van der Waals surface area (Å²) in [6.07, 6.45) is 3.69. The minimum Gasteiger partial charge on any atom is -1.00 e. The number of hydrogen-bond acceptors (Lipinski definition) is 2. The van der Waals surface area contributed by atoms with E-state index in [4.69, 9.17) is 5.11 Å². The molecule has 1 aromatic rings. The van der Waals surface area contributed by atoms with Gasteiger partial charge in [0, 0.05) is 6.07 Å². The first kappa shape index (κ1) is 12.7. The highest BCUT2D eigenvalue weighted by Crippen LogP contribution is 2.14. The van der Waals surface area contributed by atoms with Crippen LogP contribution in [0.25, 0.3) is 0 Å². The number of aromatic carboxylic acids is 1. The molecule has 0 bridgehead atoms. The van der Waals surface area contributed by atoms with E-state index in [0.717, 1.165) is 5.03 Å². The molecular formula is C8H10INO2S. The maximum Gasteiger partial charge on any atom is 0.343 e. The van der Waals surface area contributed by atoms with E-state index in [9.17, 15) is 4.79 Å². The number of carboxylic acid groups (broad SMARTS) is 1. The van der Waals surface area contributed by atoms with Gasteiger partial charge in [-0.3, -0.25) is 0 Å². The topological polar surface area (TPSA) is 41.2 Å². The Morgan fingerprint density at radius 1 is 1.62 bits per heavy atom. The molecule has 0 spiro atoms. The minimum atomic E-state index is -0.879. The first-order valence-electron chi connectivity index (χ1n) is 3.42. The van der Waals surface area contributed by atoms with Crippen molar-refractivity contribution in [2.24, 2.45) is 7.05 Å². The normalized spacial score (nSPS) is 9.08. The van der Waals surface area contributed by atoms with Gasteiger partial charge in [0.1, 0.15) is 12.6 Å². The van der Waals surface area contributed by atoms with Crippen LogP contribution in [0.4, 0.5) is 0 Å². The van der Waals surface area contributed by atoms with Crippen molar-refractivity contribution < 1.29 is 38.4 Å². The summed E-state index contributed by atoms with van der Waals surface area (Å²) in [5, 5.41) is 9.56. The maximum absolute atomic E-state index is 10.7. The van der Waals surface area contributed by atoms with Crippen molar-refractivity contribution in [2.75, 3.05) is 6.26 Å². The summed E-state index contributed by atoms with van der Waals surface area (Å²) in [5.41, 5.74) is 0.354. The number of aromatic nitrogens is 1. The second kappa shape index (κ2) is 5.43. The van der Waals surface area contributed by atoms with Gasteiger partial charge in [-0.2, -0.15) is 4.57 Å². The number of nitrogens with zero attached hydrogens (tertiary/aromatic N) is 1. The Bertz CT molecular complexity index is 317. The molecule has 0 amide bonds. The zero-order chi connectivity index (χ0) is 9.14. The smallest absolute Gasteiger partial charge is 0.343 e. The van der Waals surface area contributed by atoms with E-state index in [0.29, 0.717) is 5.56 Å². The van der Waals surface area contributed by atoms with Crippen LogP contribution in [-0.2, 0) is 7.05 Å². The molecule has 0 aliphatic rings. The fraction of sp³-hybridized carbons (Fsp3) is 0.250. The number of carboxylic acids is 1. The highest BCUT2D eigenvalue weighted by atomic mass is 127. The second-order valence-corrected chi connectivity index (χ2v) is 3.14. The Labute approximate surface area is 98.2 Å². The number of pyridine rings is 1. The lowest BCUT2D eigenvalue weighted by Crippen LogP contribution is -3.00. The molecule has 0 fully saturated rings. The first-order valence-corrected chi connectivity index (χ1v) is 4.65. The van der Waals surface area contributed by atoms with Gasteiger partial charge in [0.2, 0.25) is 0 Å². The van der Waals surface area contributed by atoms with Crippen LogP contribution < -0.4 is 28.5 Å². The zero-order valence-electron chi connectivity index (χ0n) is 7.32. The van der Waals surface area contributed by atoms with Crippen molar-refractivity contribution in [3.05, 3.63) is 23.9 Å². The molecule has 5 heteroatoms. The summed E-state index contributed by atoms with van der Waals surface area (Å²) >= 11 is 1.43. The lowest BCUT2D eigenvalue weighted by Gasteiger charge is -1.98. The van der Waals surface area contributed by atoms with Crippen molar-refractivity contribution in [3.63, 3.8) is 0 Å². The van der Waals surface area contributed by atoms with Crippen LogP contribution in [0.5, 0.6) is 0 Å². The molecule has 0 aliphatic heterocycles. The summed E-state index contributed by atoms with van der Waals surface area (Å²) in [5.74, 6) is -0.879. The summed E-state index contributed by atoms with van der Waals surface area (Å²) < 4.78 is 1.80. The largest absolute Gasteiger partial charge is 1.00 e. The van der Waals surface area contributed by atoms with Crippen LogP contribution in [0.3, 0.4) is 0 Å². The fourth-order valence-electron chi connectivity index (χ4n) is 1.01. The monoisotopic (exact) mass is 311 g/mol. The van der Waals surface area contributed by atoms with Crippen LogP contribution in [-0.4, -0.2) is 17.3 Å². The zero-order valence-corrected chi connectivity index (χ0v) is 10.3. The maximum atomic E-state index is 10.7. The molecule has 0 saturated heterocycles. The fourth-order valence-corrected chi connectivity index (χ4v) is 1.74. The average Bonchev–Trinajstić information content (AvgIpc) is 2.03. The molecule has 1 rings (SSSR count). The third kappa shape index (κ3) is 2.84. The predicted octanol–water partition coefficient (Wildman–Crippen LogP) is -2.06. The Balaban J connectivity index is 0.00000144. The number of hydrogen-bond donors (Lipinski definition) is 1. The molecule has 0 unspecified atom stereocenters. The number of aryl methyl sites for hydroxylation is 1. The summed E-state index contributed by atoms with van der Waals surface area (Å²) in [4.78, 5) is 10.7. The molecule has 0 saturated carbocycles. The molecule has 3 nitrogen and oxygen atoms in total. The Morgan fingerprint density at radius 2 is 2.23 bits per heavy atom. The van der Waals surface area contributed by atoms with Gasteiger partial charge in [0.25, 0.3) is 5.03 Å². The molecule has 0 aromatic carbocycles. The van der Waals surface area contributed by atoms with Gasteiger partial charge in [0.05, 0.1) is 0 Å². The van der Waals surface area contributed by atoms with Crippen molar-refractivity contribution in [1.29, 1.82) is 0 Å². The van der Waals surface area contributed by atoms with Gasteiger partial charge in [-0.1, -0.05) is 11.8 Å². The molecule has 13 heavy (non-hydrogen) atoms. The van der Waals surface area contributed by atoms with Crippen molar-refractivity contribution in [3.8, 4) is 0 Å². The molecule has 1 aromatic heterocycles. The van der Waals surface area contributed by atoms with Gasteiger partial charge in [-0.15, -0.1) is 0 Å². The van der Waals surface area contributed by atoms with Crippen LogP contribution in [0, 0.1) is 0 Å². The van der Waals surface area contributed by atoms with Crippen molar-refractivity contribution in [1.82, 2.24) is 0 Å². The molecule has 0 atom stereocenters. The van der Waals surface area contributed by atoms with E-state index < -0.39 is 5.97 Å². The van der Waals surface area contributed by atoms with E-state index in [-0.39, 0.29) is 24.0 Å². The van der Waals surface area contributed by atoms with Crippen LogP contribution >= 0.6 is 11.8 Å². The summed E-state index contributed by atoms with van der Waals surface area (Å²) in [6, 6.07) is 3.33. The van der Waals surface area contributed by atoms with Crippen LogP contribution in [0.2, 0.25) is 0 Å². The standard InChI is InChI=1S/C8H9NO2S.HI/c1-9-5-3-4-6(8(10)11)7(9)12-2;/h3-5H,1-2H3;1H. The summed E-state index contributed by atoms with van der Waals surface area (Å²) in [6.45, 7) is 0. The lowest BCUT2D eigenvalue weighted by molar-refractivity contribution is -0.709. The summed E-state index contributed by atoms with van der Waals surface area (Å²) in [7, 11) is 1.83. The predicted molar refractivity (Wildman–Crippen MR) is 46.4 cm³/mol.